The minimum absolute atomic E-state index is 0.0757. The van der Waals surface area contributed by atoms with Crippen LogP contribution < -0.4 is 5.32 Å². The first-order valence-corrected chi connectivity index (χ1v) is 11.7. The molecule has 6 nitrogen and oxygen atoms in total. The van der Waals surface area contributed by atoms with Gasteiger partial charge in [-0.1, -0.05) is 23.7 Å². The summed E-state index contributed by atoms with van der Waals surface area (Å²) in [5, 5.41) is 5.60. The van der Waals surface area contributed by atoms with Crippen molar-refractivity contribution in [2.75, 3.05) is 18.5 Å². The molecule has 1 aromatic carbocycles. The number of nitrogens with one attached hydrogen (secondary N) is 1. The molecule has 0 saturated carbocycles. The quantitative estimate of drug-likeness (QED) is 0.484. The Morgan fingerprint density at radius 2 is 2.15 bits per heavy atom. The van der Waals surface area contributed by atoms with Crippen LogP contribution in [0.5, 0.6) is 0 Å². The molecule has 2 aliphatic heterocycles. The van der Waals surface area contributed by atoms with E-state index in [2.05, 4.69) is 15.3 Å². The van der Waals surface area contributed by atoms with Gasteiger partial charge >= 0.3 is 5.97 Å². The van der Waals surface area contributed by atoms with Gasteiger partial charge in [-0.3, -0.25) is 9.69 Å². The molecule has 3 aromatic rings. The van der Waals surface area contributed by atoms with Crippen LogP contribution in [0.3, 0.4) is 0 Å². The number of esters is 1. The molecule has 0 aliphatic carbocycles. The number of hydrogen-bond donors (Lipinski definition) is 1. The predicted molar refractivity (Wildman–Crippen MR) is 121 cm³/mol. The van der Waals surface area contributed by atoms with Crippen LogP contribution in [-0.2, 0) is 22.5 Å². The van der Waals surface area contributed by atoms with Gasteiger partial charge in [0.25, 0.3) is 0 Å². The lowest BCUT2D eigenvalue weighted by molar-refractivity contribution is -0.167. The summed E-state index contributed by atoms with van der Waals surface area (Å²) in [5.74, 6) is -0.808. The van der Waals surface area contributed by atoms with Gasteiger partial charge in [-0.25, -0.2) is 18.7 Å². The zero-order chi connectivity index (χ0) is 23.0. The minimum Gasteiger partial charge on any atom is -0.463 e. The largest absolute Gasteiger partial charge is 0.463 e. The fourth-order valence-corrected chi connectivity index (χ4v) is 5.13. The standard InChI is InChI=1S/C23H20ClF2N4O2S/c24-16-3-1-2-14(20(16)26)12-30-8-6-23(10-15(30)13-32-21(23)31)11-18-17(25)4-5-19(28-18)29-22-27-7-9-33-22/h1-5,7,9H,6,8,10-13H2,(H,27,28,29). The summed E-state index contributed by atoms with van der Waals surface area (Å²) in [6.45, 7) is 0.995. The van der Waals surface area contributed by atoms with E-state index in [1.54, 1.807) is 18.3 Å². The van der Waals surface area contributed by atoms with Crippen molar-refractivity contribution in [3.8, 4) is 0 Å². The number of piperidine rings is 1. The Morgan fingerprint density at radius 3 is 2.97 bits per heavy atom. The Hall–Kier alpha value is -2.62. The molecular formula is C23H20ClF2N4O2S. The number of fused-ring (bicyclic) bond motifs is 2. The van der Waals surface area contributed by atoms with E-state index in [-0.39, 0.29) is 29.7 Å². The van der Waals surface area contributed by atoms with Gasteiger partial charge in [-0.05, 0) is 31.0 Å². The number of anilines is 2. The number of pyridine rings is 1. The molecule has 0 amide bonds. The molecule has 2 saturated heterocycles. The summed E-state index contributed by atoms with van der Waals surface area (Å²) in [6.07, 6.45) is 2.64. The summed E-state index contributed by atoms with van der Waals surface area (Å²) < 4.78 is 34.6. The van der Waals surface area contributed by atoms with Gasteiger partial charge in [0.15, 0.2) is 5.13 Å². The van der Waals surface area contributed by atoms with E-state index in [1.165, 1.54) is 29.5 Å². The number of nitrogens with zero attached hydrogens (tertiary/aromatic N) is 3. The fourth-order valence-electron chi connectivity index (χ4n) is 4.40. The van der Waals surface area contributed by atoms with Gasteiger partial charge in [-0.15, -0.1) is 11.3 Å². The van der Waals surface area contributed by atoms with E-state index in [0.29, 0.717) is 42.4 Å². The third kappa shape index (κ3) is 4.45. The molecule has 0 spiro atoms. The van der Waals surface area contributed by atoms with E-state index in [0.717, 1.165) is 6.04 Å². The molecule has 2 aliphatic rings. The molecule has 2 aromatic heterocycles. The van der Waals surface area contributed by atoms with Crippen LogP contribution in [0.1, 0.15) is 24.1 Å². The number of benzene rings is 1. The fraction of sp³-hybridized carbons (Fsp3) is 0.304. The Balaban J connectivity index is 1.35. The maximum absolute atomic E-state index is 14.7. The SMILES string of the molecule is O=C1OC[C]2CC1(Cc1nc(Nc3nccs3)ccc1F)CCN2Cc1cccc(Cl)c1F. The van der Waals surface area contributed by atoms with Crippen molar-refractivity contribution in [2.24, 2.45) is 5.41 Å². The maximum Gasteiger partial charge on any atom is 0.312 e. The van der Waals surface area contributed by atoms with Crippen LogP contribution in [0.15, 0.2) is 41.9 Å². The summed E-state index contributed by atoms with van der Waals surface area (Å²) >= 11 is 7.33. The first-order valence-electron chi connectivity index (χ1n) is 10.5. The number of ether oxygens (including phenoxy) is 1. The van der Waals surface area contributed by atoms with Crippen LogP contribution in [0.2, 0.25) is 5.02 Å². The van der Waals surface area contributed by atoms with Crippen LogP contribution >= 0.6 is 22.9 Å². The number of rotatable bonds is 6. The van der Waals surface area contributed by atoms with Crippen molar-refractivity contribution < 1.29 is 18.3 Å². The molecule has 1 atom stereocenters. The second-order valence-corrected chi connectivity index (χ2v) is 9.55. The van der Waals surface area contributed by atoms with Gasteiger partial charge in [-0.2, -0.15) is 0 Å². The number of thiazole rings is 1. The zero-order valence-corrected chi connectivity index (χ0v) is 19.1. The second kappa shape index (κ2) is 8.96. The Labute approximate surface area is 198 Å². The van der Waals surface area contributed by atoms with E-state index in [4.69, 9.17) is 16.3 Å². The van der Waals surface area contributed by atoms with Gasteiger partial charge in [0.2, 0.25) is 0 Å². The molecule has 2 bridgehead atoms. The van der Waals surface area contributed by atoms with Crippen molar-refractivity contribution in [3.63, 3.8) is 0 Å². The van der Waals surface area contributed by atoms with E-state index >= 15 is 0 Å². The van der Waals surface area contributed by atoms with Crippen LogP contribution in [0.4, 0.5) is 19.7 Å². The van der Waals surface area contributed by atoms with E-state index in [1.807, 2.05) is 10.3 Å². The highest BCUT2D eigenvalue weighted by Crippen LogP contribution is 2.46. The van der Waals surface area contributed by atoms with Gasteiger partial charge in [0, 0.05) is 36.7 Å². The second-order valence-electron chi connectivity index (χ2n) is 8.25. The molecule has 4 heterocycles. The number of hydrogen-bond acceptors (Lipinski definition) is 7. The highest BCUT2D eigenvalue weighted by molar-refractivity contribution is 7.13. The van der Waals surface area contributed by atoms with Gasteiger partial charge < -0.3 is 10.1 Å². The monoisotopic (exact) mass is 489 g/mol. The number of aromatic nitrogens is 2. The summed E-state index contributed by atoms with van der Waals surface area (Å²) in [4.78, 5) is 23.4. The number of halogens is 3. The van der Waals surface area contributed by atoms with Crippen molar-refractivity contribution >= 4 is 39.9 Å². The first kappa shape index (κ1) is 22.2. The Morgan fingerprint density at radius 1 is 1.27 bits per heavy atom. The van der Waals surface area contributed by atoms with Crippen molar-refractivity contribution in [1.29, 1.82) is 0 Å². The van der Waals surface area contributed by atoms with E-state index in [9.17, 15) is 13.6 Å². The average Bonchev–Trinajstić information content (AvgIpc) is 3.31. The van der Waals surface area contributed by atoms with Crippen LogP contribution in [-0.4, -0.2) is 34.0 Å². The van der Waals surface area contributed by atoms with Crippen molar-refractivity contribution in [2.45, 2.75) is 25.8 Å². The number of cyclic esters (lactones) is 1. The average molecular weight is 490 g/mol. The van der Waals surface area contributed by atoms with E-state index < -0.39 is 17.0 Å². The molecule has 171 valence electrons. The summed E-state index contributed by atoms with van der Waals surface area (Å²) in [6, 6.07) is 8.68. The zero-order valence-electron chi connectivity index (χ0n) is 17.5. The lowest BCUT2D eigenvalue weighted by Crippen LogP contribution is -2.53. The summed E-state index contributed by atoms with van der Waals surface area (Å²) in [7, 11) is 0. The molecule has 1 radical (unpaired) electrons. The molecule has 1 unspecified atom stereocenters. The number of carbonyl (C=O) groups is 1. The van der Waals surface area contributed by atoms with Crippen molar-refractivity contribution in [3.05, 3.63) is 75.9 Å². The molecule has 5 rings (SSSR count). The van der Waals surface area contributed by atoms with Gasteiger partial charge in [0.1, 0.15) is 24.1 Å². The smallest absolute Gasteiger partial charge is 0.312 e. The maximum atomic E-state index is 14.7. The Kier molecular flexibility index (Phi) is 6.03. The third-order valence-electron chi connectivity index (χ3n) is 6.14. The highest BCUT2D eigenvalue weighted by Gasteiger charge is 2.51. The molecule has 33 heavy (non-hydrogen) atoms. The number of carbonyl (C=O) groups excluding carboxylic acids is 1. The highest BCUT2D eigenvalue weighted by atomic mass is 35.5. The molecule has 1 N–H and O–H groups in total. The lowest BCUT2D eigenvalue weighted by Gasteiger charge is -2.48. The first-order chi connectivity index (χ1) is 15.9. The lowest BCUT2D eigenvalue weighted by atomic mass is 9.70. The Bertz CT molecular complexity index is 1180. The summed E-state index contributed by atoms with van der Waals surface area (Å²) in [5.41, 5.74) is -0.220. The molecule has 2 fully saturated rings. The van der Waals surface area contributed by atoms with Crippen LogP contribution in [0, 0.1) is 23.1 Å². The normalized spacial score (nSPS) is 21.1. The third-order valence-corrected chi connectivity index (χ3v) is 7.12. The minimum atomic E-state index is -0.898. The predicted octanol–water partition coefficient (Wildman–Crippen LogP) is 5.13. The topological polar surface area (TPSA) is 67.3 Å². The van der Waals surface area contributed by atoms with Crippen molar-refractivity contribution in [1.82, 2.24) is 14.9 Å². The molecular weight excluding hydrogens is 470 g/mol. The number of likely N-dealkylation sites (tertiary alicyclic amines) is 1. The van der Waals surface area contributed by atoms with Gasteiger partial charge in [0.05, 0.1) is 22.2 Å². The molecule has 10 heteroatoms. The van der Waals surface area contributed by atoms with Crippen LogP contribution in [0.25, 0.3) is 0 Å².